The number of benzene rings is 3. The highest BCUT2D eigenvalue weighted by Gasteiger charge is 2.11. The number of primary amides is 1. The Morgan fingerprint density at radius 2 is 1.66 bits per heavy atom. The van der Waals surface area contributed by atoms with Gasteiger partial charge in [0.2, 0.25) is 0 Å². The summed E-state index contributed by atoms with van der Waals surface area (Å²) in [5, 5.41) is 13.1. The van der Waals surface area contributed by atoms with Gasteiger partial charge in [0.15, 0.2) is 5.78 Å². The fourth-order valence-electron chi connectivity index (χ4n) is 3.55. The third-order valence-corrected chi connectivity index (χ3v) is 5.20. The number of carbonyl (C=O) groups is 2. The molecule has 0 fully saturated rings. The molecule has 1 aromatic heterocycles. The quantitative estimate of drug-likeness (QED) is 0.372. The van der Waals surface area contributed by atoms with Gasteiger partial charge in [0.1, 0.15) is 12.1 Å². The van der Waals surface area contributed by atoms with Crippen molar-refractivity contribution in [3.8, 4) is 0 Å². The number of carbonyl (C=O) groups excluding carboxylic acids is 2. The fourth-order valence-corrected chi connectivity index (χ4v) is 3.55. The largest absolute Gasteiger partial charge is 0.392 e. The SMILES string of the molecule is NC(=O)c1cccc2c(NCc3cccc(CC(=O)c4ccc(CO)cc4)c3)ncnc12. The van der Waals surface area contributed by atoms with Gasteiger partial charge >= 0.3 is 0 Å². The minimum Gasteiger partial charge on any atom is -0.392 e. The summed E-state index contributed by atoms with van der Waals surface area (Å²) in [5.74, 6) is 0.0764. The monoisotopic (exact) mass is 426 g/mol. The number of hydrogen-bond acceptors (Lipinski definition) is 6. The lowest BCUT2D eigenvalue weighted by molar-refractivity contribution is 0.0988. The molecule has 0 aliphatic carbocycles. The van der Waals surface area contributed by atoms with Crippen LogP contribution in [0.5, 0.6) is 0 Å². The van der Waals surface area contributed by atoms with Crippen LogP contribution in [-0.4, -0.2) is 26.8 Å². The van der Waals surface area contributed by atoms with Crippen molar-refractivity contribution in [2.75, 3.05) is 5.32 Å². The van der Waals surface area contributed by atoms with E-state index in [9.17, 15) is 9.59 Å². The van der Waals surface area contributed by atoms with Gasteiger partial charge < -0.3 is 16.2 Å². The Balaban J connectivity index is 1.48. The van der Waals surface area contributed by atoms with Crippen molar-refractivity contribution in [1.82, 2.24) is 9.97 Å². The minimum absolute atomic E-state index is 0.0142. The molecule has 32 heavy (non-hydrogen) atoms. The first-order chi connectivity index (χ1) is 15.5. The fraction of sp³-hybridized carbons (Fsp3) is 0.120. The van der Waals surface area contributed by atoms with Gasteiger partial charge in [-0.05, 0) is 28.8 Å². The van der Waals surface area contributed by atoms with Gasteiger partial charge in [0.05, 0.1) is 17.7 Å². The second-order valence-corrected chi connectivity index (χ2v) is 7.42. The number of Topliss-reactive ketones (excluding diaryl/α,β-unsaturated/α-hetero) is 1. The van der Waals surface area contributed by atoms with Crippen LogP contribution in [0.25, 0.3) is 10.9 Å². The van der Waals surface area contributed by atoms with Crippen molar-refractivity contribution < 1.29 is 14.7 Å². The van der Waals surface area contributed by atoms with E-state index in [1.807, 2.05) is 30.3 Å². The van der Waals surface area contributed by atoms with E-state index in [4.69, 9.17) is 10.8 Å². The lowest BCUT2D eigenvalue weighted by Gasteiger charge is -2.11. The van der Waals surface area contributed by atoms with Crippen LogP contribution < -0.4 is 11.1 Å². The van der Waals surface area contributed by atoms with E-state index in [2.05, 4.69) is 15.3 Å². The summed E-state index contributed by atoms with van der Waals surface area (Å²) in [7, 11) is 0. The van der Waals surface area contributed by atoms with Crippen molar-refractivity contribution >= 4 is 28.4 Å². The topological polar surface area (TPSA) is 118 Å². The molecule has 0 atom stereocenters. The Labute approximate surface area is 184 Å². The van der Waals surface area contributed by atoms with E-state index in [0.717, 1.165) is 16.7 Å². The highest BCUT2D eigenvalue weighted by atomic mass is 16.3. The first-order valence-electron chi connectivity index (χ1n) is 10.1. The molecule has 7 nitrogen and oxygen atoms in total. The van der Waals surface area contributed by atoms with E-state index in [1.54, 1.807) is 36.4 Å². The number of aliphatic hydroxyl groups is 1. The summed E-state index contributed by atoms with van der Waals surface area (Å²) in [4.78, 5) is 32.8. The molecule has 0 aliphatic rings. The van der Waals surface area contributed by atoms with Crippen molar-refractivity contribution in [2.45, 2.75) is 19.6 Å². The predicted molar refractivity (Wildman–Crippen MR) is 122 cm³/mol. The van der Waals surface area contributed by atoms with Crippen LogP contribution in [-0.2, 0) is 19.6 Å². The van der Waals surface area contributed by atoms with E-state index in [-0.39, 0.29) is 18.8 Å². The number of rotatable bonds is 8. The van der Waals surface area contributed by atoms with Gasteiger partial charge in [0, 0.05) is 23.9 Å². The third kappa shape index (κ3) is 4.63. The molecule has 4 aromatic rings. The normalized spacial score (nSPS) is 10.8. The van der Waals surface area contributed by atoms with Crippen LogP contribution in [0.15, 0.2) is 73.1 Å². The number of aromatic nitrogens is 2. The first kappa shape index (κ1) is 21.1. The summed E-state index contributed by atoms with van der Waals surface area (Å²) >= 11 is 0. The molecule has 0 unspecified atom stereocenters. The second-order valence-electron chi connectivity index (χ2n) is 7.42. The molecular formula is C25H22N4O3. The number of nitrogens with two attached hydrogens (primary N) is 1. The number of anilines is 1. The molecule has 1 heterocycles. The number of para-hydroxylation sites is 1. The number of hydrogen-bond donors (Lipinski definition) is 3. The molecule has 160 valence electrons. The van der Waals surface area contributed by atoms with E-state index in [0.29, 0.717) is 34.4 Å². The van der Waals surface area contributed by atoms with Crippen LogP contribution in [0.4, 0.5) is 5.82 Å². The van der Waals surface area contributed by atoms with Gasteiger partial charge in [0.25, 0.3) is 5.91 Å². The average molecular weight is 426 g/mol. The highest BCUT2D eigenvalue weighted by molar-refractivity contribution is 6.06. The molecule has 7 heteroatoms. The Morgan fingerprint density at radius 3 is 2.41 bits per heavy atom. The Morgan fingerprint density at radius 1 is 0.906 bits per heavy atom. The molecule has 0 spiro atoms. The summed E-state index contributed by atoms with van der Waals surface area (Å²) in [6.45, 7) is 0.440. The standard InChI is InChI=1S/C25H22N4O3/c26-24(32)20-5-2-6-21-23(20)28-15-29-25(21)27-13-18-4-1-3-17(11-18)12-22(31)19-9-7-16(14-30)8-10-19/h1-11,15,30H,12-14H2,(H2,26,32)(H,27,28,29). The van der Waals surface area contributed by atoms with Crippen molar-refractivity contribution in [3.63, 3.8) is 0 Å². The molecule has 0 radical (unpaired) electrons. The van der Waals surface area contributed by atoms with Gasteiger partial charge in [-0.3, -0.25) is 9.59 Å². The molecule has 0 saturated heterocycles. The van der Waals surface area contributed by atoms with Gasteiger partial charge in [-0.1, -0.05) is 54.6 Å². The van der Waals surface area contributed by atoms with E-state index in [1.165, 1.54) is 6.33 Å². The van der Waals surface area contributed by atoms with Gasteiger partial charge in [-0.25, -0.2) is 9.97 Å². The smallest absolute Gasteiger partial charge is 0.250 e. The summed E-state index contributed by atoms with van der Waals surface area (Å²) < 4.78 is 0. The van der Waals surface area contributed by atoms with Crippen LogP contribution in [0.1, 0.15) is 37.4 Å². The molecular weight excluding hydrogens is 404 g/mol. The minimum atomic E-state index is -0.538. The van der Waals surface area contributed by atoms with Crippen LogP contribution >= 0.6 is 0 Å². The summed E-state index contributed by atoms with van der Waals surface area (Å²) in [6.07, 6.45) is 1.68. The van der Waals surface area contributed by atoms with Crippen molar-refractivity contribution in [1.29, 1.82) is 0 Å². The van der Waals surface area contributed by atoms with Crippen LogP contribution in [0.2, 0.25) is 0 Å². The van der Waals surface area contributed by atoms with E-state index < -0.39 is 5.91 Å². The predicted octanol–water partition coefficient (Wildman–Crippen LogP) is 3.26. The van der Waals surface area contributed by atoms with Crippen molar-refractivity contribution in [3.05, 3.63) is 101 Å². The zero-order valence-electron chi connectivity index (χ0n) is 17.3. The maximum absolute atomic E-state index is 12.6. The summed E-state index contributed by atoms with van der Waals surface area (Å²) in [6, 6.07) is 20.0. The van der Waals surface area contributed by atoms with Gasteiger partial charge in [-0.2, -0.15) is 0 Å². The lowest BCUT2D eigenvalue weighted by atomic mass is 10.0. The molecule has 3 aromatic carbocycles. The molecule has 0 saturated carbocycles. The number of ketones is 1. The number of aliphatic hydroxyl groups excluding tert-OH is 1. The second kappa shape index (κ2) is 9.36. The molecule has 1 amide bonds. The lowest BCUT2D eigenvalue weighted by Crippen LogP contribution is -2.12. The average Bonchev–Trinajstić information content (AvgIpc) is 2.82. The number of nitrogens with one attached hydrogen (secondary N) is 1. The number of nitrogens with zero attached hydrogens (tertiary/aromatic N) is 2. The Kier molecular flexibility index (Phi) is 6.19. The highest BCUT2D eigenvalue weighted by Crippen LogP contribution is 2.22. The van der Waals surface area contributed by atoms with Crippen LogP contribution in [0, 0.1) is 0 Å². The third-order valence-electron chi connectivity index (χ3n) is 5.20. The molecule has 4 rings (SSSR count). The first-order valence-corrected chi connectivity index (χ1v) is 10.1. The zero-order valence-corrected chi connectivity index (χ0v) is 17.3. The molecule has 0 bridgehead atoms. The Bertz CT molecular complexity index is 1290. The van der Waals surface area contributed by atoms with Crippen molar-refractivity contribution in [2.24, 2.45) is 5.73 Å². The number of fused-ring (bicyclic) bond motifs is 1. The summed E-state index contributed by atoms with van der Waals surface area (Å²) in [5.41, 5.74) is 9.58. The molecule has 0 aliphatic heterocycles. The van der Waals surface area contributed by atoms with Crippen LogP contribution in [0.3, 0.4) is 0 Å². The number of amides is 1. The molecule has 4 N–H and O–H groups in total. The van der Waals surface area contributed by atoms with Gasteiger partial charge in [-0.15, -0.1) is 0 Å². The maximum atomic E-state index is 12.6. The zero-order chi connectivity index (χ0) is 22.5. The maximum Gasteiger partial charge on any atom is 0.250 e. The van der Waals surface area contributed by atoms with E-state index >= 15 is 0 Å². The Hall–Kier alpha value is -4.10.